The van der Waals surface area contributed by atoms with Crippen LogP contribution in [-0.4, -0.2) is 101 Å². The van der Waals surface area contributed by atoms with Gasteiger partial charge in [0, 0.05) is 44.6 Å². The number of hydrogen-bond donors (Lipinski definition) is 3. The summed E-state index contributed by atoms with van der Waals surface area (Å²) in [6.45, 7) is 11.4. The molecule has 0 spiro atoms. The van der Waals surface area contributed by atoms with E-state index in [1.54, 1.807) is 57.5 Å². The summed E-state index contributed by atoms with van der Waals surface area (Å²) in [5, 5.41) is 25.3. The van der Waals surface area contributed by atoms with E-state index in [9.17, 15) is 37.5 Å². The molecule has 370 valence electrons. The number of ether oxygens (including phenoxy) is 3. The van der Waals surface area contributed by atoms with Crippen molar-refractivity contribution in [3.05, 3.63) is 99.9 Å². The van der Waals surface area contributed by atoms with Crippen molar-refractivity contribution in [3.63, 3.8) is 0 Å². The van der Waals surface area contributed by atoms with Crippen LogP contribution in [0.15, 0.2) is 66.2 Å². The van der Waals surface area contributed by atoms with Gasteiger partial charge in [0.1, 0.15) is 24.4 Å². The van der Waals surface area contributed by atoms with Crippen LogP contribution in [0.4, 0.5) is 17.6 Å². The van der Waals surface area contributed by atoms with Gasteiger partial charge in [-0.05, 0) is 78.6 Å². The number of carbonyl (C=O) groups excluding carboxylic acids is 4. The molecule has 19 heteroatoms. The van der Waals surface area contributed by atoms with Crippen LogP contribution in [0.25, 0.3) is 10.4 Å². The number of aliphatic hydroxyl groups excluding tert-OH is 1. The number of amides is 4. The highest BCUT2D eigenvalue weighted by atomic mass is 32.1. The zero-order valence-corrected chi connectivity index (χ0v) is 40.3. The van der Waals surface area contributed by atoms with E-state index in [1.807, 2.05) is 31.2 Å². The Labute approximate surface area is 402 Å². The number of thiazole rings is 1. The number of β-amino-alcohol motifs (C(OH)–C–C–N with tert-alkyl or cyclic N) is 1. The predicted octanol–water partition coefficient (Wildman–Crippen LogP) is 7.34. The molecule has 0 bridgehead atoms. The Kier molecular flexibility index (Phi) is 16.8. The van der Waals surface area contributed by atoms with Crippen molar-refractivity contribution in [2.75, 3.05) is 32.9 Å². The summed E-state index contributed by atoms with van der Waals surface area (Å²) in [6, 6.07) is 14.6. The molecule has 4 atom stereocenters. The third-order valence-electron chi connectivity index (χ3n) is 12.0. The molecule has 14 nitrogen and oxygen atoms in total. The molecule has 4 unspecified atom stereocenters. The first kappa shape index (κ1) is 52.3. The Bertz CT molecular complexity index is 2520. The Morgan fingerprint density at radius 3 is 2.38 bits per heavy atom. The monoisotopic (exact) mass is 978 g/mol. The lowest BCUT2D eigenvalue weighted by Crippen LogP contribution is -2.58. The second-order valence-electron chi connectivity index (χ2n) is 19.2. The van der Waals surface area contributed by atoms with Gasteiger partial charge in [0.2, 0.25) is 17.7 Å². The van der Waals surface area contributed by atoms with Crippen LogP contribution in [0, 0.1) is 34.9 Å². The van der Waals surface area contributed by atoms with Crippen molar-refractivity contribution in [2.45, 2.75) is 111 Å². The van der Waals surface area contributed by atoms with Gasteiger partial charge in [0.25, 0.3) is 5.91 Å². The van der Waals surface area contributed by atoms with Gasteiger partial charge in [-0.1, -0.05) is 65.0 Å². The van der Waals surface area contributed by atoms with Crippen molar-refractivity contribution in [1.82, 2.24) is 25.4 Å². The number of alkyl halides is 3. The Hall–Kier alpha value is -6.10. The molecule has 2 aliphatic heterocycles. The smallest absolute Gasteiger partial charge is 0.417 e. The van der Waals surface area contributed by atoms with Crippen molar-refractivity contribution in [2.24, 2.45) is 10.8 Å². The van der Waals surface area contributed by atoms with E-state index in [0.717, 1.165) is 27.8 Å². The van der Waals surface area contributed by atoms with E-state index in [1.165, 1.54) is 34.1 Å². The molecule has 3 aromatic carbocycles. The molecule has 2 aliphatic rings. The zero-order chi connectivity index (χ0) is 50.3. The second-order valence-corrected chi connectivity index (χ2v) is 20.0. The summed E-state index contributed by atoms with van der Waals surface area (Å²) < 4.78 is 72.8. The van der Waals surface area contributed by atoms with Gasteiger partial charge in [-0.15, -0.1) is 11.3 Å². The third-order valence-corrected chi connectivity index (χ3v) is 13.0. The second kappa shape index (κ2) is 22.1. The molecule has 0 saturated carbocycles. The maximum Gasteiger partial charge on any atom is 0.417 e. The predicted molar refractivity (Wildman–Crippen MR) is 248 cm³/mol. The minimum Gasteiger partial charge on any atom is -0.491 e. The first-order valence-electron chi connectivity index (χ1n) is 22.7. The number of nitriles is 1. The van der Waals surface area contributed by atoms with Gasteiger partial charge in [0.15, 0.2) is 17.7 Å². The SMILES string of the molecule is Cc1ncsc1-c1ccc(CNC(=O)C2CC(O)CN2C(=O)C(NC(=O)COCCCCCOc2ccc(CN3CC(C)(C)C(Oc4ccc(C#N)c(C(F)(F)F)c4)C3=O)cc2F)C(C)(C)C)cc1. The largest absolute Gasteiger partial charge is 0.491 e. The van der Waals surface area contributed by atoms with Crippen LogP contribution < -0.4 is 20.1 Å². The number of halogens is 4. The molecule has 6 rings (SSSR count). The summed E-state index contributed by atoms with van der Waals surface area (Å²) in [7, 11) is 0. The quantitative estimate of drug-likeness (QED) is 0.0635. The van der Waals surface area contributed by atoms with Gasteiger partial charge in [-0.2, -0.15) is 18.4 Å². The van der Waals surface area contributed by atoms with E-state index in [0.29, 0.717) is 30.9 Å². The average Bonchev–Trinajstić information content (AvgIpc) is 3.96. The normalized spacial score (nSPS) is 18.5. The lowest BCUT2D eigenvalue weighted by atomic mass is 9.85. The maximum absolute atomic E-state index is 15.1. The summed E-state index contributed by atoms with van der Waals surface area (Å²) in [6.07, 6.45) is -4.99. The summed E-state index contributed by atoms with van der Waals surface area (Å²) in [5.41, 5.74) is 1.84. The fraction of sp³-hybridized carbons (Fsp3) is 0.480. The molecule has 1 aromatic heterocycles. The number of rotatable bonds is 19. The van der Waals surface area contributed by atoms with Crippen LogP contribution in [0.3, 0.4) is 0 Å². The minimum absolute atomic E-state index is 0.0183. The molecule has 69 heavy (non-hydrogen) atoms. The molecule has 4 amide bonds. The Balaban J connectivity index is 0.898. The molecule has 3 N–H and O–H groups in total. The molecule has 0 aliphatic carbocycles. The lowest BCUT2D eigenvalue weighted by Gasteiger charge is -2.35. The molecule has 3 heterocycles. The van der Waals surface area contributed by atoms with Crippen molar-refractivity contribution in [3.8, 4) is 28.0 Å². The van der Waals surface area contributed by atoms with Crippen LogP contribution >= 0.6 is 11.3 Å². The van der Waals surface area contributed by atoms with Crippen LogP contribution in [0.5, 0.6) is 11.5 Å². The van der Waals surface area contributed by atoms with Gasteiger partial charge in [-0.25, -0.2) is 9.37 Å². The number of unbranched alkanes of at least 4 members (excludes halogenated alkanes) is 2. The van der Waals surface area contributed by atoms with Gasteiger partial charge < -0.3 is 39.8 Å². The van der Waals surface area contributed by atoms with E-state index in [4.69, 9.17) is 19.5 Å². The van der Waals surface area contributed by atoms with E-state index >= 15 is 4.39 Å². The Morgan fingerprint density at radius 1 is 1.01 bits per heavy atom. The van der Waals surface area contributed by atoms with Gasteiger partial charge >= 0.3 is 6.18 Å². The summed E-state index contributed by atoms with van der Waals surface area (Å²) in [4.78, 5) is 62.0. The minimum atomic E-state index is -4.79. The Morgan fingerprint density at radius 2 is 1.72 bits per heavy atom. The number of aliphatic hydroxyl groups is 1. The number of nitrogens with zero attached hydrogens (tertiary/aromatic N) is 4. The highest BCUT2D eigenvalue weighted by Crippen LogP contribution is 2.39. The van der Waals surface area contributed by atoms with E-state index < -0.39 is 81.9 Å². The molecule has 2 saturated heterocycles. The molecular formula is C50H58F4N6O8S. The number of carbonyl (C=O) groups is 4. The molecule has 2 fully saturated rings. The first-order valence-corrected chi connectivity index (χ1v) is 23.5. The van der Waals surface area contributed by atoms with Crippen LogP contribution in [0.2, 0.25) is 0 Å². The number of hydrogen-bond acceptors (Lipinski definition) is 11. The number of aromatic nitrogens is 1. The number of nitrogens with one attached hydrogen (secondary N) is 2. The van der Waals surface area contributed by atoms with E-state index in [-0.39, 0.29) is 63.9 Å². The van der Waals surface area contributed by atoms with E-state index in [2.05, 4.69) is 15.6 Å². The first-order chi connectivity index (χ1) is 32.5. The van der Waals surface area contributed by atoms with Gasteiger partial charge in [-0.3, -0.25) is 19.2 Å². The molecular weight excluding hydrogens is 921 g/mol. The highest BCUT2D eigenvalue weighted by molar-refractivity contribution is 7.13. The number of aryl methyl sites for hydroxylation is 1. The van der Waals surface area contributed by atoms with Crippen molar-refractivity contribution in [1.29, 1.82) is 5.26 Å². The van der Waals surface area contributed by atoms with Gasteiger partial charge in [0.05, 0.1) is 46.0 Å². The number of likely N-dealkylation sites (tertiary alicyclic amines) is 2. The fourth-order valence-corrected chi connectivity index (χ4v) is 9.17. The topological polar surface area (TPSA) is 183 Å². The highest BCUT2D eigenvalue weighted by Gasteiger charge is 2.49. The summed E-state index contributed by atoms with van der Waals surface area (Å²) >= 11 is 1.55. The van der Waals surface area contributed by atoms with Crippen molar-refractivity contribution < 1.29 is 56.1 Å². The average molecular weight is 979 g/mol. The summed E-state index contributed by atoms with van der Waals surface area (Å²) in [5.74, 6) is -2.69. The third kappa shape index (κ3) is 13.4. The molecule has 0 radical (unpaired) electrons. The standard InChI is InChI=1S/C50H58F4N6O8S/c1-30-42(69-29-57-30)33-13-10-31(11-14-33)24-56-45(63)39-21-35(61)26-60(39)46(64)43(48(2,3)4)58-41(62)27-66-18-8-7-9-19-67-40-17-12-32(20-38(40)51)25-59-28-49(5,6)44(47(59)65)68-36-16-15-34(23-55)37(22-36)50(52,53)54/h10-17,20,22,29,35,39,43-44,61H,7-9,18-19,21,24-28H2,1-6H3,(H,56,63)(H,58,62). The molecule has 4 aromatic rings. The maximum atomic E-state index is 15.1. The zero-order valence-electron chi connectivity index (χ0n) is 39.5. The fourth-order valence-electron chi connectivity index (χ4n) is 8.35. The van der Waals surface area contributed by atoms with Crippen LogP contribution in [-0.2, 0) is 43.2 Å². The number of benzene rings is 3. The van der Waals surface area contributed by atoms with Crippen molar-refractivity contribution >= 4 is 35.0 Å². The van der Waals surface area contributed by atoms with Crippen LogP contribution in [0.1, 0.15) is 88.2 Å². The lowest BCUT2D eigenvalue weighted by molar-refractivity contribution is -0.144.